The largest absolute Gasteiger partial charge is 0.299 e. The average molecular weight is 218 g/mol. The van der Waals surface area contributed by atoms with Crippen LogP contribution in [0.2, 0.25) is 5.02 Å². The predicted molar refractivity (Wildman–Crippen MR) is 48.7 cm³/mol. The van der Waals surface area contributed by atoms with Gasteiger partial charge in [0.15, 0.2) is 10.7 Å². The molecule has 0 bridgehead atoms. The van der Waals surface area contributed by atoms with E-state index in [0.29, 0.717) is 0 Å². The monoisotopic (exact) mass is 217 g/mol. The number of anilines is 1. The smallest absolute Gasteiger partial charge is 0.258 e. The molecule has 0 amide bonds. The van der Waals surface area contributed by atoms with E-state index in [-0.39, 0.29) is 10.7 Å². The Kier molecular flexibility index (Phi) is 2.82. The number of hydrogen-bond acceptors (Lipinski definition) is 4. The molecule has 0 unspecified atom stereocenters. The summed E-state index contributed by atoms with van der Waals surface area (Å²) >= 11 is 5.50. The van der Waals surface area contributed by atoms with Crippen LogP contribution >= 0.6 is 11.6 Å². The summed E-state index contributed by atoms with van der Waals surface area (Å²) in [6, 6.07) is 3.52. The minimum Gasteiger partial charge on any atom is -0.258 e. The highest BCUT2D eigenvalue weighted by Gasteiger charge is 2.17. The molecule has 0 radical (unpaired) electrons. The van der Waals surface area contributed by atoms with Crippen molar-refractivity contribution >= 4 is 23.0 Å². The fraction of sp³-hybridized carbons (Fsp3) is 0. The highest BCUT2D eigenvalue weighted by Crippen LogP contribution is 2.27. The Bertz CT molecular complexity index is 395. The van der Waals surface area contributed by atoms with Gasteiger partial charge < -0.3 is 0 Å². The second kappa shape index (κ2) is 3.88. The van der Waals surface area contributed by atoms with Crippen molar-refractivity contribution in [1.29, 1.82) is 0 Å². The predicted octanol–water partition coefficient (Wildman–Crippen LogP) is 1.85. The summed E-state index contributed by atoms with van der Waals surface area (Å²) in [5.41, 5.74) is 1.06. The van der Waals surface area contributed by atoms with Gasteiger partial charge >= 0.3 is 0 Å². The third-order valence-electron chi connectivity index (χ3n) is 1.37. The molecule has 0 aliphatic carbocycles. The Labute approximate surface area is 82.6 Å². The molecule has 0 saturated heterocycles. The first kappa shape index (κ1) is 10.2. The molecule has 0 atom stereocenters. The summed E-state index contributed by atoms with van der Waals surface area (Å²) in [5.74, 6) is 0. The molecular weight excluding hydrogens is 214 g/mol. The minimum atomic E-state index is -0.879. The van der Waals surface area contributed by atoms with Crippen LogP contribution in [-0.2, 0) is 0 Å². The van der Waals surface area contributed by atoms with Crippen LogP contribution in [0.25, 0.3) is 0 Å². The molecule has 1 aromatic carbocycles. The molecule has 0 aliphatic heterocycles. The van der Waals surface area contributed by atoms with E-state index in [1.807, 2.05) is 0 Å². The fourth-order valence-corrected chi connectivity index (χ4v) is 1.02. The molecule has 0 heterocycles. The first-order valence-electron chi connectivity index (χ1n) is 3.35. The third kappa shape index (κ3) is 2.30. The molecule has 0 aromatic heterocycles. The molecule has 0 spiro atoms. The van der Waals surface area contributed by atoms with Crippen LogP contribution in [0.3, 0.4) is 0 Å². The maximum absolute atomic E-state index is 10.4. The van der Waals surface area contributed by atoms with Gasteiger partial charge in [-0.2, -0.15) is 0 Å². The van der Waals surface area contributed by atoms with E-state index in [4.69, 9.17) is 11.6 Å². The fourth-order valence-electron chi connectivity index (χ4n) is 0.849. The summed E-state index contributed by atoms with van der Waals surface area (Å²) < 4.78 is 0. The van der Waals surface area contributed by atoms with Crippen LogP contribution in [-0.4, -0.2) is 9.96 Å². The molecule has 1 rings (SSSR count). The topological polar surface area (TPSA) is 98.3 Å². The SMILES string of the molecule is O=[N+]([O-])Nc1ccc(Cl)cc1[N+](=O)[O-]. The Morgan fingerprint density at radius 1 is 1.29 bits per heavy atom. The van der Waals surface area contributed by atoms with E-state index in [1.54, 1.807) is 5.43 Å². The maximum atomic E-state index is 10.4. The Morgan fingerprint density at radius 2 is 1.93 bits per heavy atom. The highest BCUT2D eigenvalue weighted by molar-refractivity contribution is 6.30. The summed E-state index contributed by atoms with van der Waals surface area (Å²) in [5, 5.41) is 19.8. The number of nitrogens with one attached hydrogen (secondary N) is 1. The average Bonchev–Trinajstić information content (AvgIpc) is 2.07. The highest BCUT2D eigenvalue weighted by atomic mass is 35.5. The molecule has 0 saturated carbocycles. The molecule has 14 heavy (non-hydrogen) atoms. The van der Waals surface area contributed by atoms with Crippen molar-refractivity contribution < 1.29 is 9.96 Å². The molecule has 7 nitrogen and oxygen atoms in total. The normalized spacial score (nSPS) is 9.50. The number of nitro benzene ring substituents is 1. The molecule has 1 aromatic rings. The lowest BCUT2D eigenvalue weighted by Crippen LogP contribution is -2.09. The van der Waals surface area contributed by atoms with Crippen molar-refractivity contribution in [2.75, 3.05) is 5.43 Å². The zero-order valence-electron chi connectivity index (χ0n) is 6.64. The molecule has 0 aliphatic rings. The van der Waals surface area contributed by atoms with Gasteiger partial charge in [0.1, 0.15) is 0 Å². The third-order valence-corrected chi connectivity index (χ3v) is 1.60. The number of nitro groups is 2. The lowest BCUT2D eigenvalue weighted by Gasteiger charge is -1.99. The van der Waals surface area contributed by atoms with Gasteiger partial charge in [-0.05, 0) is 12.1 Å². The van der Waals surface area contributed by atoms with Gasteiger partial charge in [0.25, 0.3) is 5.69 Å². The van der Waals surface area contributed by atoms with Crippen LogP contribution in [0.4, 0.5) is 11.4 Å². The zero-order chi connectivity index (χ0) is 10.7. The van der Waals surface area contributed by atoms with Crippen LogP contribution in [0.5, 0.6) is 0 Å². The van der Waals surface area contributed by atoms with E-state index in [0.717, 1.165) is 6.07 Å². The quantitative estimate of drug-likeness (QED) is 0.615. The van der Waals surface area contributed by atoms with Gasteiger partial charge in [0.05, 0.1) is 4.92 Å². The zero-order valence-corrected chi connectivity index (χ0v) is 7.39. The molecule has 8 heteroatoms. The van der Waals surface area contributed by atoms with Crippen molar-refractivity contribution in [2.45, 2.75) is 0 Å². The lowest BCUT2D eigenvalue weighted by atomic mass is 10.3. The van der Waals surface area contributed by atoms with Crippen LogP contribution < -0.4 is 5.43 Å². The molecule has 1 N–H and O–H groups in total. The second-order valence-electron chi connectivity index (χ2n) is 2.29. The number of halogens is 1. The van der Waals surface area contributed by atoms with E-state index < -0.39 is 15.6 Å². The number of rotatable bonds is 3. The van der Waals surface area contributed by atoms with Gasteiger partial charge in [-0.3, -0.25) is 10.1 Å². The maximum Gasteiger partial charge on any atom is 0.299 e. The van der Waals surface area contributed by atoms with Crippen molar-refractivity contribution in [3.63, 3.8) is 0 Å². The molecule has 74 valence electrons. The van der Waals surface area contributed by atoms with Crippen molar-refractivity contribution in [2.24, 2.45) is 0 Å². The Morgan fingerprint density at radius 3 is 2.43 bits per heavy atom. The van der Waals surface area contributed by atoms with E-state index in [9.17, 15) is 20.2 Å². The summed E-state index contributed by atoms with van der Waals surface area (Å²) in [7, 11) is 0. The van der Waals surface area contributed by atoms with Crippen molar-refractivity contribution in [3.8, 4) is 0 Å². The Balaban J connectivity index is 3.14. The van der Waals surface area contributed by atoms with E-state index >= 15 is 0 Å². The van der Waals surface area contributed by atoms with E-state index in [2.05, 4.69) is 0 Å². The summed E-state index contributed by atoms with van der Waals surface area (Å²) in [6.45, 7) is 0. The van der Waals surface area contributed by atoms with Gasteiger partial charge in [0.2, 0.25) is 0 Å². The number of hydrazine groups is 1. The van der Waals surface area contributed by atoms with Gasteiger partial charge in [0, 0.05) is 11.1 Å². The van der Waals surface area contributed by atoms with E-state index in [1.165, 1.54) is 12.1 Å². The van der Waals surface area contributed by atoms with Crippen LogP contribution in [0.1, 0.15) is 0 Å². The van der Waals surface area contributed by atoms with Gasteiger partial charge in [-0.25, -0.2) is 10.1 Å². The first-order chi connectivity index (χ1) is 6.50. The van der Waals surface area contributed by atoms with Crippen molar-refractivity contribution in [3.05, 3.63) is 43.5 Å². The standard InChI is InChI=1S/C6H4ClN3O4/c7-4-1-2-5(8-10(13)14)6(3-4)9(11)12/h1-3,8H. The van der Waals surface area contributed by atoms with Gasteiger partial charge in [-0.15, -0.1) is 5.43 Å². The number of hydrogen-bond donors (Lipinski definition) is 1. The van der Waals surface area contributed by atoms with Crippen LogP contribution in [0, 0.1) is 20.2 Å². The number of nitrogens with zero attached hydrogens (tertiary/aromatic N) is 2. The lowest BCUT2D eigenvalue weighted by molar-refractivity contribution is -0.447. The van der Waals surface area contributed by atoms with Crippen LogP contribution in [0.15, 0.2) is 18.2 Å². The van der Waals surface area contributed by atoms with Gasteiger partial charge in [-0.1, -0.05) is 11.6 Å². The molecule has 0 fully saturated rings. The van der Waals surface area contributed by atoms with Crippen molar-refractivity contribution in [1.82, 2.24) is 0 Å². The Hall–Kier alpha value is -1.89. The summed E-state index contributed by atoms with van der Waals surface area (Å²) in [6.07, 6.45) is 0. The first-order valence-corrected chi connectivity index (χ1v) is 3.73. The number of benzene rings is 1. The minimum absolute atomic E-state index is 0.144. The molecular formula is C6H4ClN3O4. The second-order valence-corrected chi connectivity index (χ2v) is 2.72. The summed E-state index contributed by atoms with van der Waals surface area (Å²) in [4.78, 5) is 19.8.